The van der Waals surface area contributed by atoms with Crippen LogP contribution in [0.15, 0.2) is 12.7 Å². The van der Waals surface area contributed by atoms with Gasteiger partial charge >= 0.3 is 0 Å². The number of anilines is 1. The molecule has 0 spiro atoms. The van der Waals surface area contributed by atoms with Crippen molar-refractivity contribution in [2.75, 3.05) is 12.3 Å². The summed E-state index contributed by atoms with van der Waals surface area (Å²) in [5, 5.41) is 20.2. The molecule has 150 valence electrons. The number of nitrogens with zero attached hydrogens (tertiary/aromatic N) is 4. The Morgan fingerprint density at radius 2 is 1.93 bits per heavy atom. The van der Waals surface area contributed by atoms with Crippen LogP contribution in [-0.4, -0.2) is 54.7 Å². The number of aliphatic hydroxyl groups excluding tert-OH is 2. The summed E-state index contributed by atoms with van der Waals surface area (Å²) in [6, 6.07) is 0. The molecule has 4 N–H and O–H groups in total. The Bertz CT molecular complexity index is 932. The predicted octanol–water partition coefficient (Wildman–Crippen LogP) is -3.64. The van der Waals surface area contributed by atoms with Crippen molar-refractivity contribution in [1.82, 2.24) is 19.5 Å². The summed E-state index contributed by atoms with van der Waals surface area (Å²) in [6.45, 7) is -0.931. The van der Waals surface area contributed by atoms with Crippen LogP contribution in [0.3, 0.4) is 0 Å². The lowest BCUT2D eigenvalue weighted by Gasteiger charge is -2.35. The molecule has 0 saturated carbocycles. The summed E-state index contributed by atoms with van der Waals surface area (Å²) in [6.07, 6.45) is -3.48. The maximum atomic E-state index is 11.3. The van der Waals surface area contributed by atoms with Crippen molar-refractivity contribution in [3.05, 3.63) is 12.7 Å². The Hall–Kier alpha value is -1.51. The van der Waals surface area contributed by atoms with Gasteiger partial charge in [0.25, 0.3) is 7.82 Å². The molecule has 1 aliphatic rings. The SMILES string of the molecule is Nc1ncnc2c1ncn2C1OC(COP(=O)([O-])OP(=O)([O-])[O-])C(O)C1O. The van der Waals surface area contributed by atoms with Crippen molar-refractivity contribution in [2.45, 2.75) is 24.5 Å². The fourth-order valence-corrected chi connectivity index (χ4v) is 3.96. The van der Waals surface area contributed by atoms with E-state index in [-0.39, 0.29) is 17.0 Å². The van der Waals surface area contributed by atoms with Gasteiger partial charge in [0, 0.05) is 0 Å². The first-order valence-corrected chi connectivity index (χ1v) is 10.0. The molecular formula is C10H12N5O10P2-3. The van der Waals surface area contributed by atoms with Gasteiger partial charge in [0.15, 0.2) is 17.7 Å². The third-order valence-corrected chi connectivity index (χ3v) is 5.66. The Morgan fingerprint density at radius 3 is 2.59 bits per heavy atom. The van der Waals surface area contributed by atoms with Crippen LogP contribution in [0.1, 0.15) is 6.23 Å². The number of aliphatic hydroxyl groups is 2. The van der Waals surface area contributed by atoms with Crippen molar-refractivity contribution in [3.8, 4) is 0 Å². The van der Waals surface area contributed by atoms with E-state index >= 15 is 0 Å². The van der Waals surface area contributed by atoms with Gasteiger partial charge in [-0.05, 0) is 0 Å². The monoisotopic (exact) mass is 424 g/mol. The molecule has 0 amide bonds. The van der Waals surface area contributed by atoms with Crippen LogP contribution in [0, 0.1) is 0 Å². The number of imidazole rings is 1. The molecule has 15 nitrogen and oxygen atoms in total. The quantitative estimate of drug-likeness (QED) is 0.379. The van der Waals surface area contributed by atoms with Gasteiger partial charge in [0.1, 0.15) is 30.2 Å². The van der Waals surface area contributed by atoms with Crippen molar-refractivity contribution >= 4 is 32.6 Å². The van der Waals surface area contributed by atoms with Crippen molar-refractivity contribution in [1.29, 1.82) is 0 Å². The summed E-state index contributed by atoms with van der Waals surface area (Å²) in [4.78, 5) is 43.7. The lowest BCUT2D eigenvalue weighted by molar-refractivity contribution is -0.339. The Morgan fingerprint density at radius 1 is 1.22 bits per heavy atom. The minimum Gasteiger partial charge on any atom is -0.790 e. The molecule has 0 aliphatic carbocycles. The topological polar surface area (TPSA) is 241 Å². The van der Waals surface area contributed by atoms with E-state index in [0.29, 0.717) is 0 Å². The standard InChI is InChI=1S/C10H15N5O10P2/c11-8-5-9(13-2-12-8)15(3-14-5)10-7(17)6(16)4(24-10)1-23-27(21,22)25-26(18,19)20/h2-4,6-7,10,16-17H,1H2,(H,21,22)(H2,11,12,13)(H2,18,19,20)/p-3. The first-order valence-electron chi connectivity index (χ1n) is 7.12. The van der Waals surface area contributed by atoms with Gasteiger partial charge in [-0.15, -0.1) is 0 Å². The molecule has 5 atom stereocenters. The molecule has 3 heterocycles. The summed E-state index contributed by atoms with van der Waals surface area (Å²) >= 11 is 0. The average molecular weight is 424 g/mol. The van der Waals surface area contributed by atoms with Gasteiger partial charge in [-0.25, -0.2) is 15.0 Å². The third-order valence-electron chi connectivity index (χ3n) is 3.60. The molecule has 0 radical (unpaired) electrons. The summed E-state index contributed by atoms with van der Waals surface area (Å²) in [5.41, 5.74) is 6.04. The second kappa shape index (κ2) is 7.14. The number of ether oxygens (including phenoxy) is 1. The van der Waals surface area contributed by atoms with Crippen LogP contribution in [0.2, 0.25) is 0 Å². The lowest BCUT2D eigenvalue weighted by Crippen LogP contribution is -2.34. The minimum atomic E-state index is -5.85. The summed E-state index contributed by atoms with van der Waals surface area (Å²) in [5.74, 6) is 0.0655. The molecule has 2 aromatic rings. The maximum Gasteiger partial charge on any atom is 0.271 e. The van der Waals surface area contributed by atoms with Crippen LogP contribution in [-0.2, 0) is 22.7 Å². The number of phosphoric ester groups is 1. The molecule has 0 aromatic carbocycles. The molecule has 1 aliphatic heterocycles. The zero-order valence-corrected chi connectivity index (χ0v) is 14.9. The van der Waals surface area contributed by atoms with E-state index < -0.39 is 46.8 Å². The van der Waals surface area contributed by atoms with E-state index in [4.69, 9.17) is 10.5 Å². The van der Waals surface area contributed by atoms with Crippen LogP contribution in [0.4, 0.5) is 5.82 Å². The van der Waals surface area contributed by atoms with Crippen molar-refractivity contribution in [3.63, 3.8) is 0 Å². The number of hydrogen-bond acceptors (Lipinski definition) is 14. The van der Waals surface area contributed by atoms with Gasteiger partial charge < -0.3 is 44.5 Å². The molecule has 27 heavy (non-hydrogen) atoms. The molecular weight excluding hydrogens is 412 g/mol. The Kier molecular flexibility index (Phi) is 5.35. The number of hydrogen-bond donors (Lipinski definition) is 3. The second-order valence-corrected chi connectivity index (χ2v) is 8.10. The third kappa shape index (κ3) is 4.33. The molecule has 5 unspecified atom stereocenters. The fourth-order valence-electron chi connectivity index (χ4n) is 2.46. The molecule has 1 fully saturated rings. The smallest absolute Gasteiger partial charge is 0.271 e. The maximum absolute atomic E-state index is 11.3. The van der Waals surface area contributed by atoms with Gasteiger partial charge in [0.2, 0.25) is 0 Å². The fraction of sp³-hybridized carbons (Fsp3) is 0.500. The van der Waals surface area contributed by atoms with Crippen LogP contribution >= 0.6 is 15.6 Å². The second-order valence-electron chi connectivity index (χ2n) is 5.40. The Labute approximate surface area is 150 Å². The van der Waals surface area contributed by atoms with E-state index in [0.717, 1.165) is 6.33 Å². The van der Waals surface area contributed by atoms with Crippen LogP contribution < -0.4 is 20.4 Å². The highest BCUT2D eigenvalue weighted by atomic mass is 31.3. The number of fused-ring (bicyclic) bond motifs is 1. The number of rotatable bonds is 6. The van der Waals surface area contributed by atoms with E-state index in [1.165, 1.54) is 10.9 Å². The minimum absolute atomic E-state index is 0.0655. The first-order chi connectivity index (χ1) is 12.5. The van der Waals surface area contributed by atoms with E-state index in [9.17, 15) is 34.0 Å². The number of phosphoric acid groups is 2. The zero-order chi connectivity index (χ0) is 20.0. The van der Waals surface area contributed by atoms with E-state index in [1.54, 1.807) is 0 Å². The normalized spacial score (nSPS) is 28.5. The lowest BCUT2D eigenvalue weighted by atomic mass is 10.1. The molecule has 0 bridgehead atoms. The average Bonchev–Trinajstić information content (AvgIpc) is 3.07. The zero-order valence-electron chi connectivity index (χ0n) is 13.1. The summed E-state index contributed by atoms with van der Waals surface area (Å²) < 4.78 is 35.7. The van der Waals surface area contributed by atoms with Crippen molar-refractivity contribution < 1.29 is 47.6 Å². The van der Waals surface area contributed by atoms with Gasteiger partial charge in [-0.3, -0.25) is 13.4 Å². The molecule has 2 aromatic heterocycles. The first kappa shape index (κ1) is 20.2. The highest BCUT2D eigenvalue weighted by Gasteiger charge is 2.44. The largest absolute Gasteiger partial charge is 0.790 e. The number of nitrogen functional groups attached to an aromatic ring is 1. The molecule has 3 rings (SSSR count). The van der Waals surface area contributed by atoms with Crippen LogP contribution in [0.25, 0.3) is 11.2 Å². The Balaban J connectivity index is 1.75. The number of nitrogens with two attached hydrogens (primary N) is 1. The van der Waals surface area contributed by atoms with E-state index in [1.807, 2.05) is 0 Å². The van der Waals surface area contributed by atoms with Crippen molar-refractivity contribution in [2.24, 2.45) is 0 Å². The van der Waals surface area contributed by atoms with Gasteiger partial charge in [0.05, 0.1) is 20.8 Å². The summed E-state index contributed by atoms with van der Waals surface area (Å²) in [7, 11) is -11.4. The van der Waals surface area contributed by atoms with Gasteiger partial charge in [-0.2, -0.15) is 0 Å². The highest BCUT2D eigenvalue weighted by Crippen LogP contribution is 2.50. The highest BCUT2D eigenvalue weighted by molar-refractivity contribution is 7.58. The molecule has 1 saturated heterocycles. The number of aromatic nitrogens is 4. The van der Waals surface area contributed by atoms with Gasteiger partial charge in [-0.1, -0.05) is 0 Å². The predicted molar refractivity (Wildman–Crippen MR) is 77.9 cm³/mol. The van der Waals surface area contributed by atoms with E-state index in [2.05, 4.69) is 23.8 Å². The van der Waals surface area contributed by atoms with Crippen LogP contribution in [0.5, 0.6) is 0 Å². The molecule has 17 heteroatoms.